The van der Waals surface area contributed by atoms with Gasteiger partial charge >= 0.3 is 0 Å². The SMILES string of the molecule is CC(C)(C)[C@@H](CO)NC(=O)c1nn(CCCCC#N)c2ccc(Cl)cc12. The highest BCUT2D eigenvalue weighted by molar-refractivity contribution is 6.31. The van der Waals surface area contributed by atoms with E-state index in [1.807, 2.05) is 26.8 Å². The summed E-state index contributed by atoms with van der Waals surface area (Å²) in [7, 11) is 0. The number of aliphatic hydroxyl groups excluding tert-OH is 1. The molecule has 0 unspecified atom stereocenters. The van der Waals surface area contributed by atoms with Gasteiger partial charge in [0.2, 0.25) is 0 Å². The van der Waals surface area contributed by atoms with Crippen molar-refractivity contribution in [3.8, 4) is 6.07 Å². The molecule has 0 bridgehead atoms. The summed E-state index contributed by atoms with van der Waals surface area (Å²) in [6.07, 6.45) is 2.08. The summed E-state index contributed by atoms with van der Waals surface area (Å²) < 4.78 is 1.78. The van der Waals surface area contributed by atoms with Gasteiger partial charge in [0.15, 0.2) is 5.69 Å². The van der Waals surface area contributed by atoms with Gasteiger partial charge in [0.05, 0.1) is 24.2 Å². The molecule has 1 atom stereocenters. The standard InChI is InChI=1S/C19H25ClN4O2/c1-19(2,3)16(12-25)22-18(26)17-14-11-13(20)7-8-15(14)24(23-17)10-6-4-5-9-21/h7-8,11,16,25H,4-6,10,12H2,1-3H3,(H,22,26)/t16-/m1/s1. The second-order valence-corrected chi connectivity index (χ2v) is 7.86. The number of unbranched alkanes of at least 4 members (excludes halogenated alkanes) is 2. The fourth-order valence-corrected chi connectivity index (χ4v) is 2.89. The highest BCUT2D eigenvalue weighted by Crippen LogP contribution is 2.25. The zero-order chi connectivity index (χ0) is 19.3. The van der Waals surface area contributed by atoms with Crippen LogP contribution in [0.1, 0.15) is 50.5 Å². The lowest BCUT2D eigenvalue weighted by Gasteiger charge is -2.29. The van der Waals surface area contributed by atoms with Crippen LogP contribution >= 0.6 is 11.6 Å². The van der Waals surface area contributed by atoms with Crippen LogP contribution in [0, 0.1) is 16.7 Å². The molecule has 1 heterocycles. The summed E-state index contributed by atoms with van der Waals surface area (Å²) in [6.45, 7) is 6.34. The first-order chi connectivity index (χ1) is 12.3. The lowest BCUT2D eigenvalue weighted by molar-refractivity contribution is 0.0844. The highest BCUT2D eigenvalue weighted by Gasteiger charge is 2.27. The molecule has 26 heavy (non-hydrogen) atoms. The van der Waals surface area contributed by atoms with Crippen LogP contribution in [0.15, 0.2) is 18.2 Å². The van der Waals surface area contributed by atoms with Crippen LogP contribution in [0.2, 0.25) is 5.02 Å². The molecule has 140 valence electrons. The molecule has 7 heteroatoms. The molecule has 0 aliphatic rings. The Balaban J connectivity index is 2.32. The summed E-state index contributed by atoms with van der Waals surface area (Å²) in [6, 6.07) is 7.09. The van der Waals surface area contributed by atoms with Crippen molar-refractivity contribution in [2.24, 2.45) is 5.41 Å². The fourth-order valence-electron chi connectivity index (χ4n) is 2.72. The van der Waals surface area contributed by atoms with Gasteiger partial charge in [0, 0.05) is 23.4 Å². The number of nitrogens with one attached hydrogen (secondary N) is 1. The molecule has 2 N–H and O–H groups in total. The number of hydrogen-bond acceptors (Lipinski definition) is 4. The molecule has 0 saturated heterocycles. The molecule has 6 nitrogen and oxygen atoms in total. The van der Waals surface area contributed by atoms with Gasteiger partial charge in [-0.3, -0.25) is 9.48 Å². The maximum atomic E-state index is 12.8. The Labute approximate surface area is 158 Å². The number of amides is 1. The molecule has 0 aliphatic carbocycles. The molecule has 0 aliphatic heterocycles. The molecular formula is C19H25ClN4O2. The van der Waals surface area contributed by atoms with E-state index >= 15 is 0 Å². The summed E-state index contributed by atoms with van der Waals surface area (Å²) in [5.74, 6) is -0.331. The Bertz CT molecular complexity index is 817. The Hall–Kier alpha value is -2.10. The van der Waals surface area contributed by atoms with Crippen molar-refractivity contribution in [1.82, 2.24) is 15.1 Å². The monoisotopic (exact) mass is 376 g/mol. The number of nitrogens with zero attached hydrogens (tertiary/aromatic N) is 3. The van der Waals surface area contributed by atoms with Crippen LogP contribution in [0.4, 0.5) is 0 Å². The van der Waals surface area contributed by atoms with Crippen LogP contribution in [-0.4, -0.2) is 33.4 Å². The summed E-state index contributed by atoms with van der Waals surface area (Å²) in [4.78, 5) is 12.8. The van der Waals surface area contributed by atoms with Gasteiger partial charge in [0.1, 0.15) is 0 Å². The Morgan fingerprint density at radius 3 is 2.77 bits per heavy atom. The minimum Gasteiger partial charge on any atom is -0.394 e. The van der Waals surface area contributed by atoms with Gasteiger partial charge in [-0.1, -0.05) is 32.4 Å². The third kappa shape index (κ3) is 4.75. The molecule has 0 saturated carbocycles. The van der Waals surface area contributed by atoms with E-state index in [0.29, 0.717) is 29.1 Å². The molecule has 1 aromatic heterocycles. The third-order valence-electron chi connectivity index (χ3n) is 4.37. The normalized spacial score (nSPS) is 12.8. The number of carbonyl (C=O) groups is 1. The van der Waals surface area contributed by atoms with Crippen molar-refractivity contribution >= 4 is 28.4 Å². The van der Waals surface area contributed by atoms with Crippen LogP contribution in [0.3, 0.4) is 0 Å². The Morgan fingerprint density at radius 1 is 1.42 bits per heavy atom. The maximum absolute atomic E-state index is 12.8. The van der Waals surface area contributed by atoms with E-state index in [1.54, 1.807) is 16.8 Å². The van der Waals surface area contributed by atoms with E-state index in [9.17, 15) is 9.90 Å². The topological polar surface area (TPSA) is 90.9 Å². The second-order valence-electron chi connectivity index (χ2n) is 7.42. The number of aliphatic hydroxyl groups is 1. The lowest BCUT2D eigenvalue weighted by Crippen LogP contribution is -2.46. The number of rotatable bonds is 7. The third-order valence-corrected chi connectivity index (χ3v) is 4.60. The van der Waals surface area contributed by atoms with Crippen LogP contribution in [0.25, 0.3) is 10.9 Å². The quantitative estimate of drug-likeness (QED) is 0.723. The summed E-state index contributed by atoms with van der Waals surface area (Å²) >= 11 is 6.11. The molecular weight excluding hydrogens is 352 g/mol. The molecule has 0 radical (unpaired) electrons. The number of aryl methyl sites for hydroxylation is 1. The average molecular weight is 377 g/mol. The number of nitriles is 1. The van der Waals surface area contributed by atoms with Gasteiger partial charge in [-0.15, -0.1) is 0 Å². The molecule has 0 fully saturated rings. The molecule has 2 aromatic rings. The van der Waals surface area contributed by atoms with E-state index in [2.05, 4.69) is 16.5 Å². The molecule has 0 spiro atoms. The predicted molar refractivity (Wildman–Crippen MR) is 102 cm³/mol. The highest BCUT2D eigenvalue weighted by atomic mass is 35.5. The number of hydrogen-bond donors (Lipinski definition) is 2. The molecule has 2 rings (SSSR count). The van der Waals surface area contributed by atoms with Crippen molar-refractivity contribution in [3.05, 3.63) is 28.9 Å². The zero-order valence-corrected chi connectivity index (χ0v) is 16.2. The van der Waals surface area contributed by atoms with Gasteiger partial charge in [-0.2, -0.15) is 10.4 Å². The minimum atomic E-state index is -0.384. The minimum absolute atomic E-state index is 0.150. The van der Waals surface area contributed by atoms with Gasteiger partial charge in [-0.25, -0.2) is 0 Å². The van der Waals surface area contributed by atoms with Crippen molar-refractivity contribution in [2.45, 2.75) is 52.6 Å². The number of benzene rings is 1. The van der Waals surface area contributed by atoms with Crippen LogP contribution in [-0.2, 0) is 6.54 Å². The second kappa shape index (κ2) is 8.52. The van der Waals surface area contributed by atoms with Crippen LogP contribution < -0.4 is 5.32 Å². The summed E-state index contributed by atoms with van der Waals surface area (Å²) in [5, 5.41) is 26.8. The van der Waals surface area contributed by atoms with Gasteiger partial charge in [0.25, 0.3) is 5.91 Å². The number of carbonyl (C=O) groups excluding carboxylic acids is 1. The first kappa shape index (κ1) is 20.2. The van der Waals surface area contributed by atoms with Crippen molar-refractivity contribution < 1.29 is 9.90 Å². The van der Waals surface area contributed by atoms with E-state index in [-0.39, 0.29) is 24.0 Å². The van der Waals surface area contributed by atoms with Gasteiger partial charge < -0.3 is 10.4 Å². The van der Waals surface area contributed by atoms with E-state index in [4.69, 9.17) is 16.9 Å². The first-order valence-electron chi connectivity index (χ1n) is 8.72. The fraction of sp³-hybridized carbons (Fsp3) is 0.526. The number of fused-ring (bicyclic) bond motifs is 1. The Kier molecular flexibility index (Phi) is 6.63. The van der Waals surface area contributed by atoms with E-state index in [0.717, 1.165) is 18.4 Å². The van der Waals surface area contributed by atoms with E-state index in [1.165, 1.54) is 0 Å². The van der Waals surface area contributed by atoms with Crippen molar-refractivity contribution in [1.29, 1.82) is 5.26 Å². The predicted octanol–water partition coefficient (Wildman–Crippen LogP) is 3.52. The van der Waals surface area contributed by atoms with Gasteiger partial charge in [-0.05, 0) is 36.5 Å². The summed E-state index contributed by atoms with van der Waals surface area (Å²) in [5.41, 5.74) is 0.843. The largest absolute Gasteiger partial charge is 0.394 e. The lowest BCUT2D eigenvalue weighted by atomic mass is 9.87. The van der Waals surface area contributed by atoms with E-state index < -0.39 is 0 Å². The molecule has 1 amide bonds. The van der Waals surface area contributed by atoms with Crippen LogP contribution in [0.5, 0.6) is 0 Å². The average Bonchev–Trinajstić information content (AvgIpc) is 2.93. The van der Waals surface area contributed by atoms with Crippen molar-refractivity contribution in [2.75, 3.05) is 6.61 Å². The zero-order valence-electron chi connectivity index (χ0n) is 15.4. The number of halogens is 1. The smallest absolute Gasteiger partial charge is 0.272 e. The number of aromatic nitrogens is 2. The maximum Gasteiger partial charge on any atom is 0.272 e. The molecule has 1 aromatic carbocycles. The first-order valence-corrected chi connectivity index (χ1v) is 9.10. The Morgan fingerprint density at radius 2 is 2.15 bits per heavy atom. The van der Waals surface area contributed by atoms with Crippen molar-refractivity contribution in [3.63, 3.8) is 0 Å².